The number of benzene rings is 2. The van der Waals surface area contributed by atoms with Crippen LogP contribution in [0, 0.1) is 6.92 Å². The summed E-state index contributed by atoms with van der Waals surface area (Å²) in [5, 5.41) is 3.76. The Kier molecular flexibility index (Phi) is 4.60. The van der Waals surface area contributed by atoms with Crippen LogP contribution in [0.4, 0.5) is 0 Å². The third-order valence-corrected chi connectivity index (χ3v) is 6.26. The van der Waals surface area contributed by atoms with E-state index in [1.54, 1.807) is 11.3 Å². The van der Waals surface area contributed by atoms with Crippen LogP contribution in [0.5, 0.6) is 0 Å². The van der Waals surface area contributed by atoms with Gasteiger partial charge in [0, 0.05) is 22.0 Å². The lowest BCUT2D eigenvalue weighted by molar-refractivity contribution is 0.0469. The first-order chi connectivity index (χ1) is 14.2. The lowest BCUT2D eigenvalue weighted by atomic mass is 10.0. The van der Waals surface area contributed by atoms with Crippen molar-refractivity contribution < 1.29 is 9.53 Å². The van der Waals surface area contributed by atoms with Crippen LogP contribution in [-0.4, -0.2) is 15.9 Å². The Hall–Kier alpha value is -3.05. The summed E-state index contributed by atoms with van der Waals surface area (Å²) >= 11 is 1.57. The van der Waals surface area contributed by atoms with E-state index >= 15 is 0 Å². The number of pyridine rings is 1. The molecule has 2 aromatic carbocycles. The van der Waals surface area contributed by atoms with Crippen LogP contribution in [-0.2, 0) is 24.2 Å². The second-order valence-corrected chi connectivity index (χ2v) is 8.23. The van der Waals surface area contributed by atoms with Crippen molar-refractivity contribution in [2.75, 3.05) is 0 Å². The second-order valence-electron chi connectivity index (χ2n) is 7.37. The smallest absolute Gasteiger partial charge is 0.339 e. The van der Waals surface area contributed by atoms with Gasteiger partial charge in [0.1, 0.15) is 11.6 Å². The van der Waals surface area contributed by atoms with Gasteiger partial charge in [0.05, 0.1) is 16.8 Å². The van der Waals surface area contributed by atoms with Gasteiger partial charge in [-0.1, -0.05) is 48.0 Å². The zero-order valence-electron chi connectivity index (χ0n) is 16.1. The van der Waals surface area contributed by atoms with Crippen molar-refractivity contribution in [1.29, 1.82) is 0 Å². The SMILES string of the molecule is Cc1ccc(-c2nc(COC(=O)c3c4c(nc5ccccc35)CCC4)cs2)cc1. The van der Waals surface area contributed by atoms with Crippen molar-refractivity contribution in [3.63, 3.8) is 0 Å². The largest absolute Gasteiger partial charge is 0.456 e. The van der Waals surface area contributed by atoms with Crippen LogP contribution in [0.1, 0.15) is 39.3 Å². The average Bonchev–Trinajstić information content (AvgIpc) is 3.40. The topological polar surface area (TPSA) is 52.1 Å². The number of para-hydroxylation sites is 1. The van der Waals surface area contributed by atoms with Gasteiger partial charge in [0.2, 0.25) is 0 Å². The molecule has 0 saturated carbocycles. The molecule has 0 aliphatic heterocycles. The van der Waals surface area contributed by atoms with Crippen molar-refractivity contribution >= 4 is 28.2 Å². The molecule has 1 aliphatic rings. The second kappa shape index (κ2) is 7.41. The molecule has 2 heterocycles. The number of nitrogens with zero attached hydrogens (tertiary/aromatic N) is 2. The Labute approximate surface area is 173 Å². The van der Waals surface area contributed by atoms with Crippen molar-refractivity contribution in [3.8, 4) is 10.6 Å². The normalized spacial score (nSPS) is 12.9. The molecule has 0 atom stereocenters. The van der Waals surface area contributed by atoms with Gasteiger partial charge in [-0.25, -0.2) is 9.78 Å². The predicted molar refractivity (Wildman–Crippen MR) is 115 cm³/mol. The first-order valence-corrected chi connectivity index (χ1v) is 10.7. The van der Waals surface area contributed by atoms with Crippen molar-refractivity contribution in [2.24, 2.45) is 0 Å². The predicted octanol–water partition coefficient (Wildman–Crippen LogP) is 5.51. The molecule has 5 rings (SSSR count). The minimum absolute atomic E-state index is 0.173. The number of fused-ring (bicyclic) bond motifs is 2. The van der Waals surface area contributed by atoms with E-state index in [4.69, 9.17) is 9.72 Å². The number of rotatable bonds is 4. The summed E-state index contributed by atoms with van der Waals surface area (Å²) in [6, 6.07) is 16.1. The van der Waals surface area contributed by atoms with E-state index in [-0.39, 0.29) is 12.6 Å². The standard InChI is InChI=1S/C24H20N2O2S/c1-15-9-11-16(12-10-15)23-25-17(14-29-23)13-28-24(27)22-18-5-2-3-7-20(18)26-21-8-4-6-19(21)22/h2-3,5,7,9-12,14H,4,6,8,13H2,1H3. The highest BCUT2D eigenvalue weighted by molar-refractivity contribution is 7.13. The molecule has 0 bridgehead atoms. The molecule has 0 amide bonds. The van der Waals surface area contributed by atoms with Crippen molar-refractivity contribution in [2.45, 2.75) is 32.8 Å². The van der Waals surface area contributed by atoms with E-state index in [2.05, 4.69) is 36.2 Å². The van der Waals surface area contributed by atoms with Crippen molar-refractivity contribution in [1.82, 2.24) is 9.97 Å². The fraction of sp³-hybridized carbons (Fsp3) is 0.208. The van der Waals surface area contributed by atoms with E-state index in [9.17, 15) is 4.79 Å². The van der Waals surface area contributed by atoms with Gasteiger partial charge in [-0.3, -0.25) is 4.98 Å². The summed E-state index contributed by atoms with van der Waals surface area (Å²) in [4.78, 5) is 22.4. The highest BCUT2D eigenvalue weighted by Gasteiger charge is 2.24. The fourth-order valence-corrected chi connectivity index (χ4v) is 4.67. The van der Waals surface area contributed by atoms with E-state index in [1.165, 1.54) is 5.56 Å². The minimum Gasteiger partial charge on any atom is -0.456 e. The van der Waals surface area contributed by atoms with Crippen LogP contribution in [0.2, 0.25) is 0 Å². The lowest BCUT2D eigenvalue weighted by Crippen LogP contribution is -2.10. The van der Waals surface area contributed by atoms with Crippen LogP contribution in [0.3, 0.4) is 0 Å². The van der Waals surface area contributed by atoms with Crippen LogP contribution in [0.15, 0.2) is 53.9 Å². The average molecular weight is 401 g/mol. The van der Waals surface area contributed by atoms with E-state index < -0.39 is 0 Å². The number of ether oxygens (including phenoxy) is 1. The maximum absolute atomic E-state index is 13.0. The van der Waals surface area contributed by atoms with Gasteiger partial charge in [0.25, 0.3) is 0 Å². The Morgan fingerprint density at radius 3 is 2.76 bits per heavy atom. The summed E-state index contributed by atoms with van der Waals surface area (Å²) in [5.74, 6) is -0.286. The number of hydrogen-bond acceptors (Lipinski definition) is 5. The molecule has 0 saturated heterocycles. The number of aromatic nitrogens is 2. The maximum Gasteiger partial charge on any atom is 0.339 e. The summed E-state index contributed by atoms with van der Waals surface area (Å²) < 4.78 is 5.69. The van der Waals surface area contributed by atoms with Crippen LogP contribution >= 0.6 is 11.3 Å². The molecule has 5 heteroatoms. The highest BCUT2D eigenvalue weighted by atomic mass is 32.1. The number of hydrogen-bond donors (Lipinski definition) is 0. The Morgan fingerprint density at radius 2 is 1.90 bits per heavy atom. The maximum atomic E-state index is 13.0. The number of carbonyl (C=O) groups excluding carboxylic acids is 1. The van der Waals surface area contributed by atoms with Gasteiger partial charge in [-0.05, 0) is 37.8 Å². The van der Waals surface area contributed by atoms with E-state index in [1.807, 2.05) is 29.6 Å². The summed E-state index contributed by atoms with van der Waals surface area (Å²) in [6.45, 7) is 2.24. The molecule has 4 aromatic rings. The molecule has 0 unspecified atom stereocenters. The van der Waals surface area contributed by atoms with Crippen LogP contribution in [0.25, 0.3) is 21.5 Å². The van der Waals surface area contributed by atoms with E-state index in [0.717, 1.165) is 57.7 Å². The molecule has 0 fully saturated rings. The molecule has 0 radical (unpaired) electrons. The monoisotopic (exact) mass is 400 g/mol. The molecule has 1 aliphatic carbocycles. The molecule has 29 heavy (non-hydrogen) atoms. The Balaban J connectivity index is 1.39. The highest BCUT2D eigenvalue weighted by Crippen LogP contribution is 2.31. The molecule has 2 aromatic heterocycles. The number of thiazole rings is 1. The Bertz CT molecular complexity index is 1210. The molecular weight excluding hydrogens is 380 g/mol. The molecule has 144 valence electrons. The zero-order chi connectivity index (χ0) is 19.8. The first kappa shape index (κ1) is 18.0. The number of carbonyl (C=O) groups is 1. The summed E-state index contributed by atoms with van der Waals surface area (Å²) in [5.41, 5.74) is 6.69. The molecule has 4 nitrogen and oxygen atoms in total. The number of aryl methyl sites for hydroxylation is 2. The quantitative estimate of drug-likeness (QED) is 0.424. The van der Waals surface area contributed by atoms with Gasteiger partial charge in [0.15, 0.2) is 0 Å². The van der Waals surface area contributed by atoms with Gasteiger partial charge in [-0.15, -0.1) is 11.3 Å². The fourth-order valence-electron chi connectivity index (χ4n) is 3.86. The van der Waals surface area contributed by atoms with Gasteiger partial charge < -0.3 is 4.74 Å². The zero-order valence-corrected chi connectivity index (χ0v) is 17.0. The summed E-state index contributed by atoms with van der Waals surface area (Å²) in [6.07, 6.45) is 2.84. The molecule has 0 spiro atoms. The lowest BCUT2D eigenvalue weighted by Gasteiger charge is -2.11. The number of esters is 1. The minimum atomic E-state index is -0.286. The molecular formula is C24H20N2O2S. The van der Waals surface area contributed by atoms with E-state index in [0.29, 0.717) is 5.56 Å². The van der Waals surface area contributed by atoms with Crippen molar-refractivity contribution in [3.05, 3.63) is 82.0 Å². The van der Waals surface area contributed by atoms with Crippen LogP contribution < -0.4 is 0 Å². The summed E-state index contributed by atoms with van der Waals surface area (Å²) in [7, 11) is 0. The third kappa shape index (κ3) is 3.42. The Morgan fingerprint density at radius 1 is 1.07 bits per heavy atom. The molecule has 0 N–H and O–H groups in total. The van der Waals surface area contributed by atoms with Gasteiger partial charge >= 0.3 is 5.97 Å². The first-order valence-electron chi connectivity index (χ1n) is 9.78. The van der Waals surface area contributed by atoms with Gasteiger partial charge in [-0.2, -0.15) is 0 Å². The third-order valence-electron chi connectivity index (χ3n) is 5.32.